The van der Waals surface area contributed by atoms with Crippen LogP contribution in [0.2, 0.25) is 0 Å². The van der Waals surface area contributed by atoms with E-state index in [0.29, 0.717) is 12.6 Å². The Morgan fingerprint density at radius 3 is 2.73 bits per heavy atom. The molecule has 1 saturated heterocycles. The molecule has 0 aromatic heterocycles. The van der Waals surface area contributed by atoms with Crippen LogP contribution in [0.1, 0.15) is 19.8 Å². The van der Waals surface area contributed by atoms with Crippen LogP contribution in [-0.4, -0.2) is 69.9 Å². The van der Waals surface area contributed by atoms with E-state index in [1.54, 1.807) is 32.4 Å². The highest BCUT2D eigenvalue weighted by atomic mass is 19.1. The summed E-state index contributed by atoms with van der Waals surface area (Å²) in [5.74, 6) is 0.680. The summed E-state index contributed by atoms with van der Waals surface area (Å²) in [5.41, 5.74) is 0. The van der Waals surface area contributed by atoms with E-state index < -0.39 is 0 Å². The van der Waals surface area contributed by atoms with E-state index in [2.05, 4.69) is 20.5 Å². The van der Waals surface area contributed by atoms with Crippen molar-refractivity contribution < 1.29 is 13.9 Å². The van der Waals surface area contributed by atoms with Gasteiger partial charge in [-0.1, -0.05) is 12.1 Å². The fourth-order valence-electron chi connectivity index (χ4n) is 2.95. The highest BCUT2D eigenvalue weighted by molar-refractivity contribution is 5.80. The second-order valence-electron chi connectivity index (χ2n) is 6.57. The molecular weight excluding hydrogens is 335 g/mol. The molecule has 1 aliphatic rings. The molecule has 1 fully saturated rings. The van der Waals surface area contributed by atoms with Crippen molar-refractivity contribution in [3.05, 3.63) is 30.1 Å². The van der Waals surface area contributed by atoms with E-state index in [9.17, 15) is 4.39 Å². The third-order valence-electron chi connectivity index (χ3n) is 4.49. The van der Waals surface area contributed by atoms with Gasteiger partial charge in [-0.3, -0.25) is 4.99 Å². The zero-order valence-corrected chi connectivity index (χ0v) is 16.0. The first-order chi connectivity index (χ1) is 12.6. The maximum atomic E-state index is 13.6. The number of nitrogens with zero attached hydrogens (tertiary/aromatic N) is 2. The lowest BCUT2D eigenvalue weighted by atomic mass is 10.1. The Balaban J connectivity index is 1.70. The van der Waals surface area contributed by atoms with E-state index in [0.717, 1.165) is 45.0 Å². The number of halogens is 1. The number of rotatable bonds is 8. The molecule has 7 heteroatoms. The lowest BCUT2D eigenvalue weighted by Gasteiger charge is -2.33. The number of nitrogens with one attached hydrogen (secondary N) is 2. The fourth-order valence-corrected chi connectivity index (χ4v) is 2.95. The van der Waals surface area contributed by atoms with Gasteiger partial charge in [-0.05, 0) is 31.9 Å². The molecule has 0 saturated carbocycles. The van der Waals surface area contributed by atoms with Gasteiger partial charge in [0.15, 0.2) is 17.5 Å². The number of piperidine rings is 1. The van der Waals surface area contributed by atoms with Gasteiger partial charge in [0, 0.05) is 39.8 Å². The molecule has 1 aromatic rings. The average Bonchev–Trinajstić information content (AvgIpc) is 2.66. The minimum Gasteiger partial charge on any atom is -0.486 e. The average molecular weight is 366 g/mol. The summed E-state index contributed by atoms with van der Waals surface area (Å²) in [6, 6.07) is 6.85. The van der Waals surface area contributed by atoms with Crippen LogP contribution < -0.4 is 15.4 Å². The van der Waals surface area contributed by atoms with Crippen molar-refractivity contribution in [1.29, 1.82) is 0 Å². The molecule has 2 rings (SSSR count). The van der Waals surface area contributed by atoms with Crippen LogP contribution >= 0.6 is 0 Å². The minimum absolute atomic E-state index is 0.179. The molecule has 0 bridgehead atoms. The second kappa shape index (κ2) is 11.0. The van der Waals surface area contributed by atoms with Crippen molar-refractivity contribution in [1.82, 2.24) is 15.5 Å². The molecule has 146 valence electrons. The lowest BCUT2D eigenvalue weighted by molar-refractivity contribution is 0.128. The van der Waals surface area contributed by atoms with E-state index in [-0.39, 0.29) is 17.7 Å². The largest absolute Gasteiger partial charge is 0.486 e. The zero-order chi connectivity index (χ0) is 18.8. The van der Waals surface area contributed by atoms with Crippen LogP contribution in [0.25, 0.3) is 0 Å². The van der Waals surface area contributed by atoms with Gasteiger partial charge in [0.05, 0.1) is 13.2 Å². The smallest absolute Gasteiger partial charge is 0.191 e. The van der Waals surface area contributed by atoms with Gasteiger partial charge >= 0.3 is 0 Å². The van der Waals surface area contributed by atoms with Gasteiger partial charge in [0.25, 0.3) is 0 Å². The topological polar surface area (TPSA) is 58.1 Å². The SMILES string of the molecule is CN=C(NCC(C)Oc1ccccc1F)NC1CCN(CCOC)CC1. The van der Waals surface area contributed by atoms with E-state index in [1.165, 1.54) is 6.07 Å². The lowest BCUT2D eigenvalue weighted by Crippen LogP contribution is -2.50. The van der Waals surface area contributed by atoms with Crippen LogP contribution in [0.15, 0.2) is 29.3 Å². The maximum absolute atomic E-state index is 13.6. The predicted molar refractivity (Wildman–Crippen MR) is 102 cm³/mol. The Kier molecular flexibility index (Phi) is 8.64. The summed E-state index contributed by atoms with van der Waals surface area (Å²) in [5, 5.41) is 6.72. The summed E-state index contributed by atoms with van der Waals surface area (Å²) in [7, 11) is 3.49. The summed E-state index contributed by atoms with van der Waals surface area (Å²) in [6.45, 7) is 6.33. The first-order valence-corrected chi connectivity index (χ1v) is 9.22. The molecule has 0 amide bonds. The number of hydrogen-bond acceptors (Lipinski definition) is 4. The molecule has 0 spiro atoms. The van der Waals surface area contributed by atoms with Crippen molar-refractivity contribution in [2.24, 2.45) is 4.99 Å². The fraction of sp³-hybridized carbons (Fsp3) is 0.632. The first-order valence-electron chi connectivity index (χ1n) is 9.22. The Morgan fingerprint density at radius 2 is 2.08 bits per heavy atom. The maximum Gasteiger partial charge on any atom is 0.191 e. The molecule has 1 heterocycles. The Bertz CT molecular complexity index is 562. The molecule has 26 heavy (non-hydrogen) atoms. The Hall–Kier alpha value is -1.86. The van der Waals surface area contributed by atoms with Gasteiger partial charge in [-0.25, -0.2) is 4.39 Å². The van der Waals surface area contributed by atoms with Gasteiger partial charge in [-0.2, -0.15) is 0 Å². The second-order valence-corrected chi connectivity index (χ2v) is 6.57. The Morgan fingerprint density at radius 1 is 1.35 bits per heavy atom. The number of benzene rings is 1. The summed E-state index contributed by atoms with van der Waals surface area (Å²) >= 11 is 0. The quantitative estimate of drug-likeness (QED) is 0.543. The van der Waals surface area contributed by atoms with Crippen molar-refractivity contribution in [3.63, 3.8) is 0 Å². The number of methoxy groups -OCH3 is 1. The summed E-state index contributed by atoms with van der Waals surface area (Å²) in [6.07, 6.45) is 1.97. The van der Waals surface area contributed by atoms with Gasteiger partial charge in [-0.15, -0.1) is 0 Å². The van der Waals surface area contributed by atoms with Gasteiger partial charge in [0.2, 0.25) is 0 Å². The number of aliphatic imine (C=N–C) groups is 1. The minimum atomic E-state index is -0.345. The molecule has 1 unspecified atom stereocenters. The van der Waals surface area contributed by atoms with Crippen LogP contribution in [0, 0.1) is 5.82 Å². The molecule has 2 N–H and O–H groups in total. The van der Waals surface area contributed by atoms with Crippen LogP contribution in [0.4, 0.5) is 4.39 Å². The number of para-hydroxylation sites is 1. The highest BCUT2D eigenvalue weighted by Crippen LogP contribution is 2.16. The van der Waals surface area contributed by atoms with Crippen LogP contribution in [0.5, 0.6) is 5.75 Å². The molecular formula is C19H31FN4O2. The Labute approximate surface area is 155 Å². The molecule has 1 atom stereocenters. The zero-order valence-electron chi connectivity index (χ0n) is 16.0. The molecule has 0 radical (unpaired) electrons. The number of likely N-dealkylation sites (tertiary alicyclic amines) is 1. The number of ether oxygens (including phenoxy) is 2. The normalized spacial score (nSPS) is 17.8. The third-order valence-corrected chi connectivity index (χ3v) is 4.49. The van der Waals surface area contributed by atoms with E-state index in [1.807, 2.05) is 6.92 Å². The standard InChI is InChI=1S/C19H31FN4O2/c1-15(26-18-7-5-4-6-17(18)20)14-22-19(21-2)23-16-8-10-24(11-9-16)12-13-25-3/h4-7,15-16H,8-14H2,1-3H3,(H2,21,22,23). The van der Waals surface area contributed by atoms with E-state index >= 15 is 0 Å². The van der Waals surface area contributed by atoms with Crippen molar-refractivity contribution >= 4 is 5.96 Å². The highest BCUT2D eigenvalue weighted by Gasteiger charge is 2.19. The van der Waals surface area contributed by atoms with Gasteiger partial charge in [0.1, 0.15) is 6.10 Å². The molecule has 1 aliphatic heterocycles. The first kappa shape index (κ1) is 20.5. The summed E-state index contributed by atoms with van der Waals surface area (Å²) < 4.78 is 24.4. The van der Waals surface area contributed by atoms with E-state index in [4.69, 9.17) is 9.47 Å². The molecule has 1 aromatic carbocycles. The number of guanidine groups is 1. The van der Waals surface area contributed by atoms with Crippen molar-refractivity contribution in [2.75, 3.05) is 46.9 Å². The van der Waals surface area contributed by atoms with Crippen LogP contribution in [-0.2, 0) is 4.74 Å². The monoisotopic (exact) mass is 366 g/mol. The van der Waals surface area contributed by atoms with Crippen molar-refractivity contribution in [3.8, 4) is 5.75 Å². The van der Waals surface area contributed by atoms with Crippen LogP contribution in [0.3, 0.4) is 0 Å². The predicted octanol–water partition coefficient (Wildman–Crippen LogP) is 1.87. The summed E-state index contributed by atoms with van der Waals surface area (Å²) in [4.78, 5) is 6.70. The number of hydrogen-bond donors (Lipinski definition) is 2. The molecule has 6 nitrogen and oxygen atoms in total. The van der Waals surface area contributed by atoms with Gasteiger partial charge < -0.3 is 25.0 Å². The third kappa shape index (κ3) is 6.80. The molecule has 0 aliphatic carbocycles. The van der Waals surface area contributed by atoms with Crippen molar-refractivity contribution in [2.45, 2.75) is 31.9 Å².